The number of nitrogens with zero attached hydrogens (tertiary/aromatic N) is 3. The first-order valence-corrected chi connectivity index (χ1v) is 8.14. The number of nitrogens with one attached hydrogen (secondary N) is 1. The fraction of sp³-hybridized carbons (Fsp3) is 0.0769. The summed E-state index contributed by atoms with van der Waals surface area (Å²) in [6, 6.07) is 7.24. The molecule has 106 valence electrons. The molecule has 3 aromatic rings. The van der Waals surface area contributed by atoms with Crippen molar-refractivity contribution in [2.75, 3.05) is 11.1 Å². The molecule has 1 amide bonds. The number of hydrogen-bond acceptors (Lipinski definition) is 6. The van der Waals surface area contributed by atoms with E-state index in [0.29, 0.717) is 11.0 Å². The zero-order chi connectivity index (χ0) is 14.7. The molecule has 0 saturated heterocycles. The van der Waals surface area contributed by atoms with Gasteiger partial charge in [-0.25, -0.2) is 15.0 Å². The van der Waals surface area contributed by atoms with Crippen LogP contribution in [-0.2, 0) is 4.79 Å². The minimum Gasteiger partial charge on any atom is -0.294 e. The highest BCUT2D eigenvalue weighted by Crippen LogP contribution is 2.31. The van der Waals surface area contributed by atoms with E-state index in [4.69, 9.17) is 11.6 Å². The number of aromatic nitrogens is 3. The molecule has 8 heteroatoms. The van der Waals surface area contributed by atoms with Crippen LogP contribution in [0.15, 0.2) is 41.0 Å². The van der Waals surface area contributed by atoms with Gasteiger partial charge in [0, 0.05) is 17.4 Å². The first kappa shape index (κ1) is 14.2. The van der Waals surface area contributed by atoms with E-state index in [2.05, 4.69) is 20.3 Å². The summed E-state index contributed by atoms with van der Waals surface area (Å²) in [5, 5.41) is 3.31. The molecule has 0 aliphatic heterocycles. The van der Waals surface area contributed by atoms with Gasteiger partial charge in [-0.05, 0) is 24.3 Å². The standard InChI is InChI=1S/C13H9ClN4OS2/c14-8-2-3-9-10(6-8)21-13(17-9)20-7-11(19)18-12-15-4-1-5-16-12/h1-6H,7H2,(H,15,16,18,19). The zero-order valence-electron chi connectivity index (χ0n) is 10.6. The third-order valence-electron chi connectivity index (χ3n) is 2.47. The lowest BCUT2D eigenvalue weighted by atomic mass is 10.3. The van der Waals surface area contributed by atoms with Gasteiger partial charge in [0.25, 0.3) is 0 Å². The average molecular weight is 337 g/mol. The Morgan fingerprint density at radius 3 is 2.95 bits per heavy atom. The van der Waals surface area contributed by atoms with E-state index in [0.717, 1.165) is 14.6 Å². The van der Waals surface area contributed by atoms with Crippen LogP contribution in [0.4, 0.5) is 5.95 Å². The largest absolute Gasteiger partial charge is 0.294 e. The molecule has 0 saturated carbocycles. The minimum atomic E-state index is -0.163. The Balaban J connectivity index is 1.62. The number of carbonyl (C=O) groups is 1. The van der Waals surface area contributed by atoms with Gasteiger partial charge in [-0.3, -0.25) is 10.1 Å². The van der Waals surface area contributed by atoms with Gasteiger partial charge < -0.3 is 0 Å². The Bertz CT molecular complexity index is 778. The molecule has 0 fully saturated rings. The normalized spacial score (nSPS) is 10.7. The number of hydrogen-bond donors (Lipinski definition) is 1. The lowest BCUT2D eigenvalue weighted by Crippen LogP contribution is -2.15. The van der Waals surface area contributed by atoms with Gasteiger partial charge in [0.05, 0.1) is 16.0 Å². The Hall–Kier alpha value is -1.70. The number of rotatable bonds is 4. The predicted octanol–water partition coefficient (Wildman–Crippen LogP) is 3.47. The highest BCUT2D eigenvalue weighted by molar-refractivity contribution is 8.01. The maximum Gasteiger partial charge on any atom is 0.237 e. The molecule has 2 heterocycles. The summed E-state index contributed by atoms with van der Waals surface area (Å²) < 4.78 is 1.84. The number of benzene rings is 1. The van der Waals surface area contributed by atoms with E-state index in [9.17, 15) is 4.79 Å². The summed E-state index contributed by atoms with van der Waals surface area (Å²) in [5.41, 5.74) is 0.888. The number of amides is 1. The van der Waals surface area contributed by atoms with Gasteiger partial charge >= 0.3 is 0 Å². The van der Waals surface area contributed by atoms with Crippen LogP contribution in [0.5, 0.6) is 0 Å². The van der Waals surface area contributed by atoms with Crippen molar-refractivity contribution in [2.24, 2.45) is 0 Å². The molecule has 3 rings (SSSR count). The van der Waals surface area contributed by atoms with Crippen molar-refractivity contribution >= 4 is 56.8 Å². The predicted molar refractivity (Wildman–Crippen MR) is 86.0 cm³/mol. The van der Waals surface area contributed by atoms with Crippen LogP contribution in [0.25, 0.3) is 10.2 Å². The summed E-state index contributed by atoms with van der Waals surface area (Å²) in [6.45, 7) is 0. The smallest absolute Gasteiger partial charge is 0.237 e. The first-order valence-electron chi connectivity index (χ1n) is 5.96. The maximum absolute atomic E-state index is 11.8. The molecule has 0 unspecified atom stereocenters. The first-order chi connectivity index (χ1) is 10.2. The average Bonchev–Trinajstić information content (AvgIpc) is 2.88. The quantitative estimate of drug-likeness (QED) is 0.739. The van der Waals surface area contributed by atoms with Gasteiger partial charge in [-0.2, -0.15) is 0 Å². The number of thioether (sulfide) groups is 1. The SMILES string of the molecule is O=C(CSc1nc2ccc(Cl)cc2s1)Nc1ncccn1. The number of anilines is 1. The van der Waals surface area contributed by atoms with Crippen molar-refractivity contribution in [1.29, 1.82) is 0 Å². The van der Waals surface area contributed by atoms with E-state index in [1.807, 2.05) is 12.1 Å². The maximum atomic E-state index is 11.8. The second-order valence-electron chi connectivity index (χ2n) is 4.00. The highest BCUT2D eigenvalue weighted by Gasteiger charge is 2.09. The number of carbonyl (C=O) groups excluding carboxylic acids is 1. The Labute approximate surface area is 133 Å². The van der Waals surface area contributed by atoms with Crippen LogP contribution >= 0.6 is 34.7 Å². The summed E-state index contributed by atoms with van der Waals surface area (Å²) in [5.74, 6) is 0.397. The molecule has 0 aliphatic carbocycles. The monoisotopic (exact) mass is 336 g/mol. The third-order valence-corrected chi connectivity index (χ3v) is 4.87. The molecular weight excluding hydrogens is 328 g/mol. The minimum absolute atomic E-state index is 0.163. The molecule has 1 N–H and O–H groups in total. The molecule has 0 radical (unpaired) electrons. The second-order valence-corrected chi connectivity index (χ2v) is 6.69. The van der Waals surface area contributed by atoms with Crippen LogP contribution in [-0.4, -0.2) is 26.6 Å². The highest BCUT2D eigenvalue weighted by atomic mass is 35.5. The Kier molecular flexibility index (Phi) is 4.33. The van der Waals surface area contributed by atoms with Crippen LogP contribution in [0.1, 0.15) is 0 Å². The molecule has 0 bridgehead atoms. The van der Waals surface area contributed by atoms with Crippen molar-refractivity contribution in [2.45, 2.75) is 4.34 Å². The fourth-order valence-corrected chi connectivity index (χ4v) is 3.74. The molecule has 5 nitrogen and oxygen atoms in total. The number of halogens is 1. The molecular formula is C13H9ClN4OS2. The summed E-state index contributed by atoms with van der Waals surface area (Å²) in [4.78, 5) is 24.1. The molecule has 1 aromatic carbocycles. The van der Waals surface area contributed by atoms with E-state index >= 15 is 0 Å². The van der Waals surface area contributed by atoms with Gasteiger partial charge in [-0.15, -0.1) is 11.3 Å². The van der Waals surface area contributed by atoms with Crippen molar-refractivity contribution in [3.05, 3.63) is 41.7 Å². The van der Waals surface area contributed by atoms with Gasteiger partial charge in [-0.1, -0.05) is 23.4 Å². The van der Waals surface area contributed by atoms with E-state index in [-0.39, 0.29) is 11.7 Å². The van der Waals surface area contributed by atoms with Gasteiger partial charge in [0.2, 0.25) is 11.9 Å². The van der Waals surface area contributed by atoms with Crippen LogP contribution in [0, 0.1) is 0 Å². The van der Waals surface area contributed by atoms with E-state index in [1.54, 1.807) is 24.5 Å². The number of fused-ring (bicyclic) bond motifs is 1. The molecule has 0 spiro atoms. The van der Waals surface area contributed by atoms with Crippen LogP contribution in [0.3, 0.4) is 0 Å². The molecule has 0 aliphatic rings. The molecule has 2 aromatic heterocycles. The van der Waals surface area contributed by atoms with E-state index < -0.39 is 0 Å². The van der Waals surface area contributed by atoms with Crippen LogP contribution < -0.4 is 5.32 Å². The fourth-order valence-electron chi connectivity index (χ4n) is 1.59. The van der Waals surface area contributed by atoms with Gasteiger partial charge in [0.1, 0.15) is 0 Å². The van der Waals surface area contributed by atoms with Crippen molar-refractivity contribution in [1.82, 2.24) is 15.0 Å². The van der Waals surface area contributed by atoms with Crippen molar-refractivity contribution < 1.29 is 4.79 Å². The lowest BCUT2D eigenvalue weighted by molar-refractivity contribution is -0.113. The number of thiazole rings is 1. The van der Waals surface area contributed by atoms with E-state index in [1.165, 1.54) is 23.1 Å². The zero-order valence-corrected chi connectivity index (χ0v) is 13.0. The second kappa shape index (κ2) is 6.38. The van der Waals surface area contributed by atoms with Crippen molar-refractivity contribution in [3.63, 3.8) is 0 Å². The topological polar surface area (TPSA) is 67.8 Å². The third kappa shape index (κ3) is 3.69. The molecule has 21 heavy (non-hydrogen) atoms. The summed E-state index contributed by atoms with van der Waals surface area (Å²) >= 11 is 8.83. The van der Waals surface area contributed by atoms with Crippen molar-refractivity contribution in [3.8, 4) is 0 Å². The summed E-state index contributed by atoms with van der Waals surface area (Å²) in [6.07, 6.45) is 3.15. The Morgan fingerprint density at radius 2 is 2.14 bits per heavy atom. The van der Waals surface area contributed by atoms with Gasteiger partial charge in [0.15, 0.2) is 4.34 Å². The lowest BCUT2D eigenvalue weighted by Gasteiger charge is -2.00. The Morgan fingerprint density at radius 1 is 1.33 bits per heavy atom. The summed E-state index contributed by atoms with van der Waals surface area (Å²) in [7, 11) is 0. The van der Waals surface area contributed by atoms with Crippen LogP contribution in [0.2, 0.25) is 5.02 Å². The molecule has 0 atom stereocenters.